The maximum Gasteiger partial charge on any atom is 0.314 e. The van der Waals surface area contributed by atoms with E-state index in [2.05, 4.69) is 10.6 Å². The van der Waals surface area contributed by atoms with E-state index < -0.39 is 6.10 Å². The maximum absolute atomic E-state index is 11.8. The summed E-state index contributed by atoms with van der Waals surface area (Å²) in [6.45, 7) is 0.650. The van der Waals surface area contributed by atoms with Gasteiger partial charge in [-0.15, -0.1) is 0 Å². The smallest absolute Gasteiger partial charge is 0.314 e. The molecule has 0 aliphatic heterocycles. The largest absolute Gasteiger partial charge is 0.497 e. The van der Waals surface area contributed by atoms with Crippen molar-refractivity contribution < 1.29 is 19.4 Å². The first-order chi connectivity index (χ1) is 12.1. The van der Waals surface area contributed by atoms with E-state index in [1.165, 1.54) is 0 Å². The van der Waals surface area contributed by atoms with Gasteiger partial charge >= 0.3 is 6.03 Å². The summed E-state index contributed by atoms with van der Waals surface area (Å²) in [7, 11) is 3.21. The van der Waals surface area contributed by atoms with E-state index in [1.54, 1.807) is 38.5 Å². The number of urea groups is 1. The van der Waals surface area contributed by atoms with Gasteiger partial charge in [-0.05, 0) is 41.8 Å². The molecule has 2 amide bonds. The average molecular weight is 344 g/mol. The summed E-state index contributed by atoms with van der Waals surface area (Å²) in [5.74, 6) is 1.53. The maximum atomic E-state index is 11.8. The van der Waals surface area contributed by atoms with Gasteiger partial charge in [0.2, 0.25) is 0 Å². The monoisotopic (exact) mass is 344 g/mol. The molecule has 3 N–H and O–H groups in total. The second-order valence-electron chi connectivity index (χ2n) is 5.52. The summed E-state index contributed by atoms with van der Waals surface area (Å²) in [4.78, 5) is 11.8. The molecule has 25 heavy (non-hydrogen) atoms. The van der Waals surface area contributed by atoms with E-state index in [9.17, 15) is 9.90 Å². The predicted octanol–water partition coefficient (Wildman–Crippen LogP) is 2.28. The molecule has 0 bridgehead atoms. The first-order valence-electron chi connectivity index (χ1n) is 8.09. The normalized spacial score (nSPS) is 11.5. The van der Waals surface area contributed by atoms with Gasteiger partial charge < -0.3 is 25.2 Å². The van der Waals surface area contributed by atoms with Crippen molar-refractivity contribution in [1.29, 1.82) is 0 Å². The zero-order valence-corrected chi connectivity index (χ0v) is 14.5. The summed E-state index contributed by atoms with van der Waals surface area (Å²) >= 11 is 0. The lowest BCUT2D eigenvalue weighted by Crippen LogP contribution is -2.38. The van der Waals surface area contributed by atoms with Gasteiger partial charge in [0.1, 0.15) is 11.5 Å². The highest BCUT2D eigenvalue weighted by Gasteiger charge is 2.09. The Kier molecular flexibility index (Phi) is 7.10. The van der Waals surface area contributed by atoms with Crippen LogP contribution in [0.2, 0.25) is 0 Å². The van der Waals surface area contributed by atoms with Crippen LogP contribution in [0.1, 0.15) is 17.2 Å². The fourth-order valence-electron chi connectivity index (χ4n) is 2.31. The van der Waals surface area contributed by atoms with Crippen LogP contribution in [0.5, 0.6) is 11.5 Å². The molecule has 6 nitrogen and oxygen atoms in total. The Morgan fingerprint density at radius 1 is 0.960 bits per heavy atom. The minimum absolute atomic E-state index is 0.140. The minimum Gasteiger partial charge on any atom is -0.497 e. The van der Waals surface area contributed by atoms with Gasteiger partial charge in [0.05, 0.1) is 20.3 Å². The second-order valence-corrected chi connectivity index (χ2v) is 5.52. The van der Waals surface area contributed by atoms with E-state index in [0.717, 1.165) is 29.0 Å². The molecular formula is C19H24N2O4. The minimum atomic E-state index is -0.766. The van der Waals surface area contributed by atoms with Gasteiger partial charge in [0, 0.05) is 13.1 Å². The number of methoxy groups -OCH3 is 2. The first kappa shape index (κ1) is 18.6. The number of aliphatic hydroxyl groups is 1. The molecular weight excluding hydrogens is 320 g/mol. The molecule has 0 aliphatic rings. The van der Waals surface area contributed by atoms with E-state index in [4.69, 9.17) is 9.47 Å². The molecule has 134 valence electrons. The zero-order chi connectivity index (χ0) is 18.1. The first-order valence-corrected chi connectivity index (χ1v) is 8.09. The number of rotatable bonds is 8. The molecule has 0 aromatic heterocycles. The highest BCUT2D eigenvalue weighted by atomic mass is 16.5. The molecule has 0 heterocycles. The summed E-state index contributed by atoms with van der Waals surface area (Å²) in [6, 6.07) is 14.5. The molecule has 1 unspecified atom stereocenters. The van der Waals surface area contributed by atoms with Crippen LogP contribution in [0.4, 0.5) is 4.79 Å². The number of hydrogen-bond acceptors (Lipinski definition) is 4. The van der Waals surface area contributed by atoms with Gasteiger partial charge in [0.15, 0.2) is 0 Å². The van der Waals surface area contributed by atoms with Crippen LogP contribution in [-0.4, -0.2) is 38.4 Å². The third-order valence-corrected chi connectivity index (χ3v) is 3.81. The second kappa shape index (κ2) is 9.54. The van der Waals surface area contributed by atoms with Crippen molar-refractivity contribution in [3.05, 3.63) is 59.7 Å². The van der Waals surface area contributed by atoms with Gasteiger partial charge in [-0.1, -0.05) is 24.3 Å². The molecule has 2 rings (SSSR count). The van der Waals surface area contributed by atoms with Crippen LogP contribution in [0.3, 0.4) is 0 Å². The van der Waals surface area contributed by atoms with Crippen molar-refractivity contribution in [1.82, 2.24) is 10.6 Å². The van der Waals surface area contributed by atoms with Gasteiger partial charge in [-0.2, -0.15) is 0 Å². The molecule has 0 radical (unpaired) electrons. The van der Waals surface area contributed by atoms with Crippen LogP contribution in [0.25, 0.3) is 0 Å². The lowest BCUT2D eigenvalue weighted by Gasteiger charge is -2.13. The van der Waals surface area contributed by atoms with E-state index in [1.807, 2.05) is 24.3 Å². The Hall–Kier alpha value is -2.73. The Morgan fingerprint density at radius 2 is 1.52 bits per heavy atom. The fourth-order valence-corrected chi connectivity index (χ4v) is 2.31. The van der Waals surface area contributed by atoms with E-state index in [-0.39, 0.29) is 12.6 Å². The summed E-state index contributed by atoms with van der Waals surface area (Å²) < 4.78 is 10.2. The van der Waals surface area contributed by atoms with Crippen LogP contribution in [-0.2, 0) is 6.42 Å². The van der Waals surface area contributed by atoms with Crippen LogP contribution in [0.15, 0.2) is 48.5 Å². The molecule has 0 aliphatic carbocycles. The highest BCUT2D eigenvalue weighted by Crippen LogP contribution is 2.16. The van der Waals surface area contributed by atoms with Crippen molar-refractivity contribution in [2.45, 2.75) is 12.5 Å². The lowest BCUT2D eigenvalue weighted by molar-refractivity contribution is 0.173. The number of carbonyl (C=O) groups is 1. The number of hydrogen-bond donors (Lipinski definition) is 3. The number of aliphatic hydroxyl groups excluding tert-OH is 1. The number of amides is 2. The Labute approximate surface area is 147 Å². The lowest BCUT2D eigenvalue weighted by atomic mass is 10.1. The average Bonchev–Trinajstić information content (AvgIpc) is 2.66. The molecule has 1 atom stereocenters. The standard InChI is InChI=1S/C19H24N2O4/c1-24-16-7-3-14(4-8-16)11-12-20-19(23)21-13-18(22)15-5-9-17(25-2)10-6-15/h3-10,18,22H,11-13H2,1-2H3,(H2,20,21,23). The highest BCUT2D eigenvalue weighted by molar-refractivity contribution is 5.73. The SMILES string of the molecule is COc1ccc(CCNC(=O)NCC(O)c2ccc(OC)cc2)cc1. The summed E-state index contributed by atoms with van der Waals surface area (Å²) in [5.41, 5.74) is 1.83. The molecule has 2 aromatic rings. The molecule has 0 fully saturated rings. The third kappa shape index (κ3) is 6.00. The Morgan fingerprint density at radius 3 is 2.08 bits per heavy atom. The van der Waals surface area contributed by atoms with E-state index in [0.29, 0.717) is 6.54 Å². The van der Waals surface area contributed by atoms with Crippen molar-refractivity contribution >= 4 is 6.03 Å². The van der Waals surface area contributed by atoms with Crippen molar-refractivity contribution in [3.8, 4) is 11.5 Å². The van der Waals surface area contributed by atoms with Gasteiger partial charge in [-0.3, -0.25) is 0 Å². The Bertz CT molecular complexity index is 656. The van der Waals surface area contributed by atoms with Gasteiger partial charge in [-0.25, -0.2) is 4.79 Å². The zero-order valence-electron chi connectivity index (χ0n) is 14.5. The van der Waals surface area contributed by atoms with E-state index >= 15 is 0 Å². The third-order valence-electron chi connectivity index (χ3n) is 3.81. The number of carbonyl (C=O) groups excluding carboxylic acids is 1. The van der Waals surface area contributed by atoms with Crippen molar-refractivity contribution in [3.63, 3.8) is 0 Å². The molecule has 6 heteroatoms. The van der Waals surface area contributed by atoms with Gasteiger partial charge in [0.25, 0.3) is 0 Å². The molecule has 0 saturated heterocycles. The van der Waals surface area contributed by atoms with Crippen LogP contribution >= 0.6 is 0 Å². The quantitative estimate of drug-likeness (QED) is 0.686. The molecule has 2 aromatic carbocycles. The number of benzene rings is 2. The Balaban J connectivity index is 1.68. The van der Waals surface area contributed by atoms with Crippen molar-refractivity contribution in [2.75, 3.05) is 27.3 Å². The number of nitrogens with one attached hydrogen (secondary N) is 2. The summed E-state index contributed by atoms with van der Waals surface area (Å²) in [6.07, 6.45) is -0.0448. The summed E-state index contributed by atoms with van der Waals surface area (Å²) in [5, 5.41) is 15.5. The van der Waals surface area contributed by atoms with Crippen LogP contribution < -0.4 is 20.1 Å². The molecule has 0 saturated carbocycles. The predicted molar refractivity (Wildman–Crippen MR) is 96.1 cm³/mol. The number of ether oxygens (including phenoxy) is 2. The fraction of sp³-hybridized carbons (Fsp3) is 0.316. The topological polar surface area (TPSA) is 79.8 Å². The van der Waals surface area contributed by atoms with Crippen LogP contribution in [0, 0.1) is 0 Å². The molecule has 0 spiro atoms. The van der Waals surface area contributed by atoms with Crippen molar-refractivity contribution in [2.24, 2.45) is 0 Å².